The van der Waals surface area contributed by atoms with Gasteiger partial charge in [-0.2, -0.15) is 0 Å². The average Bonchev–Trinajstić information content (AvgIpc) is 2.67. The Morgan fingerprint density at radius 2 is 1.74 bits per heavy atom. The first-order valence-electron chi connectivity index (χ1n) is 8.47. The Morgan fingerprint density at radius 1 is 1.11 bits per heavy atom. The molecule has 0 fully saturated rings. The summed E-state index contributed by atoms with van der Waals surface area (Å²) in [5.41, 5.74) is 0.978. The van der Waals surface area contributed by atoms with Crippen LogP contribution in [0.4, 0.5) is 11.4 Å². The van der Waals surface area contributed by atoms with Crippen LogP contribution in [-0.4, -0.2) is 25.2 Å². The average molecular weight is 394 g/mol. The predicted octanol–water partition coefficient (Wildman–Crippen LogP) is 4.98. The first-order chi connectivity index (χ1) is 12.9. The van der Waals surface area contributed by atoms with E-state index in [1.54, 1.807) is 57.4 Å². The van der Waals surface area contributed by atoms with Gasteiger partial charge in [-0.05, 0) is 43.7 Å². The third-order valence-corrected chi connectivity index (χ3v) is 6.02. The van der Waals surface area contributed by atoms with Gasteiger partial charge in [0.2, 0.25) is 0 Å². The maximum absolute atomic E-state index is 13.4. The minimum atomic E-state index is -3.65. The van der Waals surface area contributed by atoms with Crippen LogP contribution in [0.3, 0.4) is 0 Å². The number of methoxy groups -OCH3 is 1. The smallest absolute Gasteiger partial charge is 0.357 e. The Balaban J connectivity index is 2.47. The third-order valence-electron chi connectivity index (χ3n) is 3.72. The van der Waals surface area contributed by atoms with E-state index in [0.29, 0.717) is 17.0 Å². The van der Waals surface area contributed by atoms with Gasteiger partial charge in [-0.15, -0.1) is 0 Å². The van der Waals surface area contributed by atoms with E-state index >= 15 is 0 Å². The monoisotopic (exact) mass is 394 g/mol. The van der Waals surface area contributed by atoms with Crippen molar-refractivity contribution in [3.63, 3.8) is 0 Å². The van der Waals surface area contributed by atoms with E-state index in [9.17, 15) is 14.7 Å². The Hall–Kier alpha value is -2.41. The van der Waals surface area contributed by atoms with Crippen LogP contribution in [0.15, 0.2) is 48.5 Å². The molecule has 0 aliphatic heterocycles. The molecule has 8 nitrogen and oxygen atoms in total. The van der Waals surface area contributed by atoms with E-state index < -0.39 is 18.3 Å². The number of ether oxygens (including phenoxy) is 1. The van der Waals surface area contributed by atoms with E-state index in [1.807, 2.05) is 0 Å². The highest BCUT2D eigenvalue weighted by Gasteiger charge is 2.37. The van der Waals surface area contributed by atoms with Gasteiger partial charge in [0.1, 0.15) is 5.75 Å². The van der Waals surface area contributed by atoms with Gasteiger partial charge in [-0.1, -0.05) is 12.1 Å². The maximum Gasteiger partial charge on any atom is 0.357 e. The quantitative estimate of drug-likeness (QED) is 0.344. The molecule has 0 radical (unpaired) electrons. The van der Waals surface area contributed by atoms with Gasteiger partial charge in [-0.3, -0.25) is 14.7 Å². The first kappa shape index (κ1) is 20.9. The molecule has 0 aliphatic rings. The van der Waals surface area contributed by atoms with Crippen LogP contribution < -0.4 is 10.1 Å². The number of nitrogens with zero attached hydrogens (tertiary/aromatic N) is 1. The lowest BCUT2D eigenvalue weighted by Crippen LogP contribution is -2.15. The Morgan fingerprint density at radius 3 is 2.26 bits per heavy atom. The lowest BCUT2D eigenvalue weighted by molar-refractivity contribution is -0.384. The van der Waals surface area contributed by atoms with E-state index in [0.717, 1.165) is 0 Å². The van der Waals surface area contributed by atoms with Crippen LogP contribution in [-0.2, 0) is 13.6 Å². The number of nitro groups is 1. The highest BCUT2D eigenvalue weighted by Crippen LogP contribution is 2.61. The molecule has 0 bridgehead atoms. The second-order valence-electron chi connectivity index (χ2n) is 5.50. The summed E-state index contributed by atoms with van der Waals surface area (Å²) in [6.07, 6.45) is 0. The molecular weight excluding hydrogens is 371 g/mol. The number of nitrogens with one attached hydrogen (secondary N) is 1. The number of benzene rings is 2. The van der Waals surface area contributed by atoms with Crippen molar-refractivity contribution in [1.29, 1.82) is 0 Å². The molecule has 2 rings (SSSR count). The van der Waals surface area contributed by atoms with Crippen LogP contribution in [0.5, 0.6) is 5.75 Å². The van der Waals surface area contributed by atoms with Gasteiger partial charge < -0.3 is 19.1 Å². The van der Waals surface area contributed by atoms with Gasteiger partial charge in [0.05, 0.1) is 25.2 Å². The van der Waals surface area contributed by atoms with Crippen LogP contribution in [0, 0.1) is 10.1 Å². The summed E-state index contributed by atoms with van der Waals surface area (Å²) in [5, 5.41) is 14.3. The van der Waals surface area contributed by atoms with Crippen molar-refractivity contribution in [3.05, 3.63) is 64.2 Å². The molecule has 1 N–H and O–H groups in total. The number of hydrogen-bond donors (Lipinski definition) is 1. The molecule has 0 amide bonds. The highest BCUT2D eigenvalue weighted by atomic mass is 31.2. The lowest BCUT2D eigenvalue weighted by atomic mass is 10.2. The highest BCUT2D eigenvalue weighted by molar-refractivity contribution is 7.54. The molecule has 0 heterocycles. The zero-order valence-electron chi connectivity index (χ0n) is 15.5. The Bertz CT molecular complexity index is 802. The molecule has 0 aromatic heterocycles. The Labute approximate surface area is 158 Å². The SMILES string of the molecule is CCOP(=O)(OCC)C(Nc1ccc(OC)cc1)c1cccc([N+](=O)[O-])c1. The molecule has 1 atom stereocenters. The minimum absolute atomic E-state index is 0.103. The molecule has 0 saturated carbocycles. The summed E-state index contributed by atoms with van der Waals surface area (Å²) in [7, 11) is -2.09. The van der Waals surface area contributed by atoms with Crippen LogP contribution >= 0.6 is 7.60 Å². The van der Waals surface area contributed by atoms with Crippen molar-refractivity contribution in [2.24, 2.45) is 0 Å². The van der Waals surface area contributed by atoms with Crippen molar-refractivity contribution in [2.75, 3.05) is 25.6 Å². The second-order valence-corrected chi connectivity index (χ2v) is 7.62. The predicted molar refractivity (Wildman–Crippen MR) is 103 cm³/mol. The second kappa shape index (κ2) is 9.50. The number of nitro benzene ring substituents is 1. The number of non-ortho nitro benzene ring substituents is 1. The standard InChI is InChI=1S/C18H23N2O6P/c1-4-25-27(23,26-5-2)18(14-7-6-8-16(13-14)20(21)22)19-15-9-11-17(24-3)12-10-15/h6-13,18-19H,4-5H2,1-3H3. The molecule has 9 heteroatoms. The van der Waals surface area contributed by atoms with E-state index in [-0.39, 0.29) is 18.9 Å². The summed E-state index contributed by atoms with van der Waals surface area (Å²) in [6, 6.07) is 12.9. The number of anilines is 1. The third kappa shape index (κ3) is 5.29. The van der Waals surface area contributed by atoms with E-state index in [1.165, 1.54) is 12.1 Å². The van der Waals surface area contributed by atoms with Crippen molar-refractivity contribution < 1.29 is 23.3 Å². The van der Waals surface area contributed by atoms with Crippen LogP contribution in [0.25, 0.3) is 0 Å². The van der Waals surface area contributed by atoms with Gasteiger partial charge in [0.15, 0.2) is 5.78 Å². The Kier molecular flexibility index (Phi) is 7.36. The maximum atomic E-state index is 13.4. The lowest BCUT2D eigenvalue weighted by Gasteiger charge is -2.28. The summed E-state index contributed by atoms with van der Waals surface area (Å²) in [4.78, 5) is 10.6. The van der Waals surface area contributed by atoms with Crippen molar-refractivity contribution in [1.82, 2.24) is 0 Å². The van der Waals surface area contributed by atoms with Gasteiger partial charge in [0, 0.05) is 17.8 Å². The fourth-order valence-electron chi connectivity index (χ4n) is 2.54. The van der Waals surface area contributed by atoms with Gasteiger partial charge >= 0.3 is 7.60 Å². The van der Waals surface area contributed by atoms with Crippen molar-refractivity contribution >= 4 is 19.0 Å². The fourth-order valence-corrected chi connectivity index (χ4v) is 4.47. The normalized spacial score (nSPS) is 12.4. The zero-order chi connectivity index (χ0) is 19.9. The topological polar surface area (TPSA) is 99.9 Å². The fraction of sp³-hybridized carbons (Fsp3) is 0.333. The minimum Gasteiger partial charge on any atom is -0.497 e. The van der Waals surface area contributed by atoms with Gasteiger partial charge in [-0.25, -0.2) is 0 Å². The largest absolute Gasteiger partial charge is 0.497 e. The van der Waals surface area contributed by atoms with Crippen LogP contribution in [0.1, 0.15) is 25.2 Å². The van der Waals surface area contributed by atoms with Gasteiger partial charge in [0.25, 0.3) is 5.69 Å². The molecule has 2 aromatic rings. The molecule has 1 unspecified atom stereocenters. The zero-order valence-corrected chi connectivity index (χ0v) is 16.3. The van der Waals surface area contributed by atoms with E-state index in [2.05, 4.69) is 5.32 Å². The molecule has 2 aromatic carbocycles. The number of hydrogen-bond acceptors (Lipinski definition) is 7. The molecule has 146 valence electrons. The summed E-state index contributed by atoms with van der Waals surface area (Å²) >= 11 is 0. The first-order valence-corrected chi connectivity index (χ1v) is 10.1. The summed E-state index contributed by atoms with van der Waals surface area (Å²) < 4.78 is 29.5. The number of rotatable bonds is 10. The van der Waals surface area contributed by atoms with E-state index in [4.69, 9.17) is 13.8 Å². The van der Waals surface area contributed by atoms with Crippen molar-refractivity contribution in [2.45, 2.75) is 19.6 Å². The molecule has 0 saturated heterocycles. The molecule has 0 aliphatic carbocycles. The summed E-state index contributed by atoms with van der Waals surface area (Å²) in [6.45, 7) is 3.77. The summed E-state index contributed by atoms with van der Waals surface area (Å²) in [5.74, 6) is -0.240. The molecule has 0 spiro atoms. The molecular formula is C18H23N2O6P. The van der Waals surface area contributed by atoms with Crippen molar-refractivity contribution in [3.8, 4) is 5.75 Å². The molecule has 27 heavy (non-hydrogen) atoms. The van der Waals surface area contributed by atoms with Crippen LogP contribution in [0.2, 0.25) is 0 Å².